The molecule has 5 nitrogen and oxygen atoms in total. The van der Waals surface area contributed by atoms with Crippen LogP contribution >= 0.6 is 0 Å². The lowest BCUT2D eigenvalue weighted by molar-refractivity contribution is -0.131. The highest BCUT2D eigenvalue weighted by molar-refractivity contribution is 5.84. The quantitative estimate of drug-likeness (QED) is 0.761. The molecular weight excluding hydrogens is 206 g/mol. The van der Waals surface area contributed by atoms with Crippen LogP contribution in [-0.4, -0.2) is 26.0 Å². The summed E-state index contributed by atoms with van der Waals surface area (Å²) in [5, 5.41) is 8.48. The second-order valence-electron chi connectivity index (χ2n) is 3.06. The number of aliphatic carboxylic acids is 1. The summed E-state index contributed by atoms with van der Waals surface area (Å²) in [5.74, 6) is -0.650. The standard InChI is InChI=1S/C11H9N3O2/c15-11(16)4-3-10-13-7-5-9(14-10)8-2-1-6-12-8/h1-7,12H,(H,15,16)/b4-3+. The number of hydrogen-bond acceptors (Lipinski definition) is 3. The maximum Gasteiger partial charge on any atom is 0.328 e. The van der Waals surface area contributed by atoms with Crippen molar-refractivity contribution in [2.75, 3.05) is 0 Å². The molecule has 0 spiro atoms. The van der Waals surface area contributed by atoms with E-state index in [2.05, 4.69) is 15.0 Å². The number of aromatic amines is 1. The van der Waals surface area contributed by atoms with Crippen molar-refractivity contribution in [3.63, 3.8) is 0 Å². The van der Waals surface area contributed by atoms with Gasteiger partial charge in [0.05, 0.1) is 11.4 Å². The van der Waals surface area contributed by atoms with Gasteiger partial charge in [-0.1, -0.05) is 0 Å². The normalized spacial score (nSPS) is 10.8. The highest BCUT2D eigenvalue weighted by atomic mass is 16.4. The molecule has 80 valence electrons. The molecule has 0 radical (unpaired) electrons. The van der Waals surface area contributed by atoms with Gasteiger partial charge in [-0.2, -0.15) is 0 Å². The van der Waals surface area contributed by atoms with Crippen LogP contribution in [0.15, 0.2) is 36.7 Å². The molecule has 16 heavy (non-hydrogen) atoms. The lowest BCUT2D eigenvalue weighted by atomic mass is 10.3. The van der Waals surface area contributed by atoms with Gasteiger partial charge in [-0.05, 0) is 24.3 Å². The summed E-state index contributed by atoms with van der Waals surface area (Å²) in [6.45, 7) is 0. The third-order valence-corrected chi connectivity index (χ3v) is 1.92. The minimum absolute atomic E-state index is 0.370. The van der Waals surface area contributed by atoms with Crippen LogP contribution in [0.1, 0.15) is 5.82 Å². The van der Waals surface area contributed by atoms with Gasteiger partial charge in [-0.3, -0.25) is 0 Å². The Labute approximate surface area is 91.5 Å². The summed E-state index contributed by atoms with van der Waals surface area (Å²) in [7, 11) is 0. The number of hydrogen-bond donors (Lipinski definition) is 2. The zero-order valence-corrected chi connectivity index (χ0v) is 8.29. The van der Waals surface area contributed by atoms with Crippen LogP contribution < -0.4 is 0 Å². The first-order chi connectivity index (χ1) is 7.75. The van der Waals surface area contributed by atoms with Gasteiger partial charge in [0, 0.05) is 18.5 Å². The van der Waals surface area contributed by atoms with Crippen molar-refractivity contribution in [2.24, 2.45) is 0 Å². The van der Waals surface area contributed by atoms with Crippen LogP contribution in [0.25, 0.3) is 17.5 Å². The Balaban J connectivity index is 2.30. The van der Waals surface area contributed by atoms with E-state index in [0.29, 0.717) is 5.82 Å². The summed E-state index contributed by atoms with van der Waals surface area (Å²) < 4.78 is 0. The third-order valence-electron chi connectivity index (χ3n) is 1.92. The number of carboxylic acids is 1. The third kappa shape index (κ3) is 2.33. The molecule has 2 heterocycles. The molecule has 0 amide bonds. The van der Waals surface area contributed by atoms with Crippen molar-refractivity contribution in [3.8, 4) is 11.4 Å². The fourth-order valence-corrected chi connectivity index (χ4v) is 1.24. The van der Waals surface area contributed by atoms with Crippen molar-refractivity contribution >= 4 is 12.0 Å². The van der Waals surface area contributed by atoms with Gasteiger partial charge in [-0.15, -0.1) is 0 Å². The molecule has 0 aliphatic rings. The van der Waals surface area contributed by atoms with Crippen LogP contribution in [0.3, 0.4) is 0 Å². The average molecular weight is 215 g/mol. The van der Waals surface area contributed by atoms with Crippen molar-refractivity contribution in [1.29, 1.82) is 0 Å². The topological polar surface area (TPSA) is 78.9 Å². The van der Waals surface area contributed by atoms with E-state index in [-0.39, 0.29) is 0 Å². The Kier molecular flexibility index (Phi) is 2.77. The molecule has 5 heteroatoms. The minimum Gasteiger partial charge on any atom is -0.478 e. The monoisotopic (exact) mass is 215 g/mol. The number of carboxylic acid groups (broad SMARTS) is 1. The second kappa shape index (κ2) is 4.39. The SMILES string of the molecule is O=C(O)/C=C/c1nccc(-c2ccc[nH]2)n1. The summed E-state index contributed by atoms with van der Waals surface area (Å²) in [6.07, 6.45) is 5.75. The van der Waals surface area contributed by atoms with E-state index in [1.807, 2.05) is 12.1 Å². The number of carbonyl (C=O) groups is 1. The Bertz CT molecular complexity index is 518. The number of nitrogens with zero attached hydrogens (tertiary/aromatic N) is 2. The van der Waals surface area contributed by atoms with Gasteiger partial charge in [0.25, 0.3) is 0 Å². The number of rotatable bonds is 3. The van der Waals surface area contributed by atoms with Gasteiger partial charge >= 0.3 is 5.97 Å². The maximum absolute atomic E-state index is 10.3. The molecule has 0 aromatic carbocycles. The fraction of sp³-hybridized carbons (Fsp3) is 0. The first kappa shape index (κ1) is 10.1. The van der Waals surface area contributed by atoms with Gasteiger partial charge in [0.2, 0.25) is 0 Å². The molecule has 2 aromatic heterocycles. The maximum atomic E-state index is 10.3. The van der Waals surface area contributed by atoms with Gasteiger partial charge < -0.3 is 10.1 Å². The van der Waals surface area contributed by atoms with Crippen LogP contribution in [0.5, 0.6) is 0 Å². The van der Waals surface area contributed by atoms with Crippen molar-refractivity contribution < 1.29 is 9.90 Å². The lowest BCUT2D eigenvalue weighted by Crippen LogP contribution is -1.92. The number of H-pyrrole nitrogens is 1. The molecule has 0 unspecified atom stereocenters. The van der Waals surface area contributed by atoms with Crippen molar-refractivity contribution in [1.82, 2.24) is 15.0 Å². The van der Waals surface area contributed by atoms with E-state index in [0.717, 1.165) is 17.5 Å². The van der Waals surface area contributed by atoms with E-state index in [1.165, 1.54) is 6.08 Å². The molecule has 0 bridgehead atoms. The highest BCUT2D eigenvalue weighted by Gasteiger charge is 2.00. The van der Waals surface area contributed by atoms with E-state index in [1.54, 1.807) is 18.5 Å². The predicted octanol–water partition coefficient (Wildman–Crippen LogP) is 1.57. The van der Waals surface area contributed by atoms with Crippen molar-refractivity contribution in [2.45, 2.75) is 0 Å². The summed E-state index contributed by atoms with van der Waals surface area (Å²) in [6, 6.07) is 5.50. The minimum atomic E-state index is -1.02. The smallest absolute Gasteiger partial charge is 0.328 e. The molecule has 2 N–H and O–H groups in total. The van der Waals surface area contributed by atoms with E-state index in [4.69, 9.17) is 5.11 Å². The number of aromatic nitrogens is 3. The van der Waals surface area contributed by atoms with Crippen LogP contribution in [-0.2, 0) is 4.79 Å². The molecule has 0 aliphatic carbocycles. The zero-order valence-electron chi connectivity index (χ0n) is 8.29. The zero-order chi connectivity index (χ0) is 11.4. The Morgan fingerprint density at radius 2 is 2.31 bits per heavy atom. The first-order valence-corrected chi connectivity index (χ1v) is 4.63. The molecule has 0 saturated heterocycles. The van der Waals surface area contributed by atoms with E-state index >= 15 is 0 Å². The summed E-state index contributed by atoms with van der Waals surface area (Å²) >= 11 is 0. The van der Waals surface area contributed by atoms with Crippen LogP contribution in [0, 0.1) is 0 Å². The van der Waals surface area contributed by atoms with Gasteiger partial charge in [0.15, 0.2) is 5.82 Å². The summed E-state index contributed by atoms with van der Waals surface area (Å²) in [4.78, 5) is 21.5. The van der Waals surface area contributed by atoms with Gasteiger partial charge in [0.1, 0.15) is 0 Å². The van der Waals surface area contributed by atoms with Gasteiger partial charge in [-0.25, -0.2) is 14.8 Å². The second-order valence-corrected chi connectivity index (χ2v) is 3.06. The molecule has 0 aliphatic heterocycles. The summed E-state index contributed by atoms with van der Waals surface area (Å²) in [5.41, 5.74) is 1.59. The number of nitrogens with one attached hydrogen (secondary N) is 1. The van der Waals surface area contributed by atoms with E-state index < -0.39 is 5.97 Å². The molecule has 0 saturated carbocycles. The Morgan fingerprint density at radius 1 is 1.44 bits per heavy atom. The molecule has 2 aromatic rings. The van der Waals surface area contributed by atoms with Crippen LogP contribution in [0.2, 0.25) is 0 Å². The fourth-order valence-electron chi connectivity index (χ4n) is 1.24. The molecular formula is C11H9N3O2. The molecule has 0 atom stereocenters. The van der Waals surface area contributed by atoms with E-state index in [9.17, 15) is 4.79 Å². The molecule has 0 fully saturated rings. The lowest BCUT2D eigenvalue weighted by Gasteiger charge is -1.97. The first-order valence-electron chi connectivity index (χ1n) is 4.63. The Morgan fingerprint density at radius 3 is 3.00 bits per heavy atom. The predicted molar refractivity (Wildman–Crippen MR) is 58.5 cm³/mol. The van der Waals surface area contributed by atoms with Crippen LogP contribution in [0.4, 0.5) is 0 Å². The Hall–Kier alpha value is -2.43. The molecule has 2 rings (SSSR count). The average Bonchev–Trinajstić information content (AvgIpc) is 2.80. The highest BCUT2D eigenvalue weighted by Crippen LogP contribution is 2.13. The largest absolute Gasteiger partial charge is 0.478 e. The van der Waals surface area contributed by atoms with Crippen molar-refractivity contribution in [3.05, 3.63) is 42.5 Å².